The van der Waals surface area contributed by atoms with Crippen molar-refractivity contribution in [2.75, 3.05) is 7.11 Å². The Balaban J connectivity index is 3.19. The number of nitrogens with zero attached hydrogens (tertiary/aromatic N) is 1. The van der Waals surface area contributed by atoms with Crippen LogP contribution >= 0.6 is 0 Å². The van der Waals surface area contributed by atoms with E-state index in [0.29, 0.717) is 17.7 Å². The molecule has 0 aliphatic rings. The molecule has 0 saturated heterocycles. The Hall–Kier alpha value is -1.82. The summed E-state index contributed by atoms with van der Waals surface area (Å²) in [6, 6.07) is 7.58. The first-order valence-electron chi connectivity index (χ1n) is 5.78. The summed E-state index contributed by atoms with van der Waals surface area (Å²) in [6.45, 7) is 3.86. The van der Waals surface area contributed by atoms with E-state index in [0.717, 1.165) is 12.0 Å². The first-order valence-corrected chi connectivity index (χ1v) is 5.78. The molecule has 17 heavy (non-hydrogen) atoms. The zero-order chi connectivity index (χ0) is 12.8. The number of aryl methyl sites for hydroxylation is 1. The van der Waals surface area contributed by atoms with Gasteiger partial charge in [-0.2, -0.15) is 5.26 Å². The zero-order valence-electron chi connectivity index (χ0n) is 10.5. The molecule has 0 saturated carbocycles. The largest absolute Gasteiger partial charge is 0.496 e. The number of carbonyl (C=O) groups excluding carboxylic acids is 1. The monoisotopic (exact) mass is 231 g/mol. The van der Waals surface area contributed by atoms with Crippen LogP contribution in [0.3, 0.4) is 0 Å². The first kappa shape index (κ1) is 13.2. The highest BCUT2D eigenvalue weighted by Gasteiger charge is 2.21. The Bertz CT molecular complexity index is 446. The molecule has 0 fully saturated rings. The van der Waals surface area contributed by atoms with Crippen molar-refractivity contribution in [2.24, 2.45) is 5.92 Å². The van der Waals surface area contributed by atoms with Gasteiger partial charge < -0.3 is 4.74 Å². The van der Waals surface area contributed by atoms with Crippen molar-refractivity contribution in [1.82, 2.24) is 0 Å². The summed E-state index contributed by atoms with van der Waals surface area (Å²) in [5.74, 6) is -0.195. The minimum absolute atomic E-state index is 0.151. The number of ether oxygens (including phenoxy) is 1. The fraction of sp³-hybridized carbons (Fsp3) is 0.429. The molecule has 90 valence electrons. The molecule has 3 nitrogen and oxygen atoms in total. The number of benzene rings is 1. The van der Waals surface area contributed by atoms with Gasteiger partial charge in [-0.05, 0) is 30.5 Å². The van der Waals surface area contributed by atoms with Crippen LogP contribution in [0.2, 0.25) is 0 Å². The quantitative estimate of drug-likeness (QED) is 0.732. The zero-order valence-corrected chi connectivity index (χ0v) is 10.5. The van der Waals surface area contributed by atoms with Gasteiger partial charge in [-0.1, -0.05) is 19.9 Å². The fourth-order valence-corrected chi connectivity index (χ4v) is 1.69. The van der Waals surface area contributed by atoms with Crippen LogP contribution in [0, 0.1) is 17.2 Å². The normalized spacial score (nSPS) is 11.6. The maximum Gasteiger partial charge on any atom is 0.183 e. The van der Waals surface area contributed by atoms with Gasteiger partial charge in [-0.25, -0.2) is 0 Å². The first-order chi connectivity index (χ1) is 8.17. The van der Waals surface area contributed by atoms with Crippen LogP contribution in [0.25, 0.3) is 0 Å². The van der Waals surface area contributed by atoms with Crippen LogP contribution in [-0.2, 0) is 6.42 Å². The number of hydrogen-bond donors (Lipinski definition) is 0. The van der Waals surface area contributed by atoms with Crippen LogP contribution in [0.15, 0.2) is 18.2 Å². The van der Waals surface area contributed by atoms with Crippen molar-refractivity contribution >= 4 is 5.78 Å². The van der Waals surface area contributed by atoms with Crippen LogP contribution in [0.4, 0.5) is 0 Å². The lowest BCUT2D eigenvalue weighted by atomic mass is 9.94. The predicted octanol–water partition coefficient (Wildman–Crippen LogP) is 2.99. The van der Waals surface area contributed by atoms with Gasteiger partial charge in [-0.3, -0.25) is 4.79 Å². The Morgan fingerprint density at radius 2 is 2.18 bits per heavy atom. The highest BCUT2D eigenvalue weighted by Crippen LogP contribution is 2.24. The molecule has 1 unspecified atom stereocenters. The number of rotatable bonds is 5. The van der Waals surface area contributed by atoms with E-state index in [-0.39, 0.29) is 5.78 Å². The van der Waals surface area contributed by atoms with Crippen molar-refractivity contribution in [2.45, 2.75) is 26.7 Å². The van der Waals surface area contributed by atoms with Crippen molar-refractivity contribution < 1.29 is 9.53 Å². The summed E-state index contributed by atoms with van der Waals surface area (Å²) < 4.78 is 5.17. The second-order valence-corrected chi connectivity index (χ2v) is 3.84. The van der Waals surface area contributed by atoms with Crippen LogP contribution in [0.1, 0.15) is 36.2 Å². The second kappa shape index (κ2) is 6.05. The number of ketones is 1. The molecule has 0 aromatic heterocycles. The van der Waals surface area contributed by atoms with Gasteiger partial charge in [0.2, 0.25) is 0 Å². The molecular weight excluding hydrogens is 214 g/mol. The molecule has 0 radical (unpaired) electrons. The lowest BCUT2D eigenvalue weighted by Gasteiger charge is -2.11. The van der Waals surface area contributed by atoms with Gasteiger partial charge in [0.15, 0.2) is 5.78 Å². The molecule has 0 aliphatic heterocycles. The van der Waals surface area contributed by atoms with Gasteiger partial charge in [-0.15, -0.1) is 0 Å². The molecule has 1 atom stereocenters. The van der Waals surface area contributed by atoms with Crippen LogP contribution in [-0.4, -0.2) is 12.9 Å². The predicted molar refractivity (Wildman–Crippen MR) is 66.1 cm³/mol. The van der Waals surface area contributed by atoms with E-state index in [1.807, 2.05) is 32.0 Å². The van der Waals surface area contributed by atoms with Gasteiger partial charge in [0.25, 0.3) is 0 Å². The van der Waals surface area contributed by atoms with Crippen molar-refractivity contribution in [1.29, 1.82) is 5.26 Å². The summed E-state index contributed by atoms with van der Waals surface area (Å²) in [5, 5.41) is 8.94. The maximum atomic E-state index is 12.2. The molecule has 1 aromatic carbocycles. The van der Waals surface area contributed by atoms with Crippen molar-refractivity contribution in [3.8, 4) is 11.8 Å². The van der Waals surface area contributed by atoms with Crippen LogP contribution in [0.5, 0.6) is 5.75 Å². The second-order valence-electron chi connectivity index (χ2n) is 3.84. The summed E-state index contributed by atoms with van der Waals surface area (Å²) >= 11 is 0. The lowest BCUT2D eigenvalue weighted by Crippen LogP contribution is -2.13. The van der Waals surface area contributed by atoms with Gasteiger partial charge in [0.1, 0.15) is 11.7 Å². The van der Waals surface area contributed by atoms with Gasteiger partial charge >= 0.3 is 0 Å². The summed E-state index contributed by atoms with van der Waals surface area (Å²) in [6.07, 6.45) is 1.38. The summed E-state index contributed by atoms with van der Waals surface area (Å²) in [5.41, 5.74) is 1.59. The Labute approximate surface area is 102 Å². The van der Waals surface area contributed by atoms with Crippen LogP contribution < -0.4 is 4.74 Å². The van der Waals surface area contributed by atoms with Crippen molar-refractivity contribution in [3.05, 3.63) is 29.3 Å². The highest BCUT2D eigenvalue weighted by molar-refractivity contribution is 6.01. The van der Waals surface area contributed by atoms with E-state index in [9.17, 15) is 4.79 Å². The average Bonchev–Trinajstić information content (AvgIpc) is 2.39. The van der Waals surface area contributed by atoms with E-state index in [4.69, 9.17) is 10.00 Å². The number of carbonyl (C=O) groups is 1. The minimum atomic E-state index is -0.587. The van der Waals surface area contributed by atoms with E-state index in [1.54, 1.807) is 6.07 Å². The molecule has 3 heteroatoms. The van der Waals surface area contributed by atoms with E-state index < -0.39 is 5.92 Å². The van der Waals surface area contributed by atoms with E-state index in [2.05, 4.69) is 0 Å². The molecular formula is C14H17NO2. The number of methoxy groups -OCH3 is 1. The van der Waals surface area contributed by atoms with Gasteiger partial charge in [0.05, 0.1) is 18.7 Å². The Morgan fingerprint density at radius 3 is 2.65 bits per heavy atom. The third-order valence-corrected chi connectivity index (χ3v) is 2.82. The highest BCUT2D eigenvalue weighted by atomic mass is 16.5. The molecule has 0 heterocycles. The maximum absolute atomic E-state index is 12.2. The number of nitriles is 1. The average molecular weight is 231 g/mol. The van der Waals surface area contributed by atoms with Crippen molar-refractivity contribution in [3.63, 3.8) is 0 Å². The summed E-state index contributed by atoms with van der Waals surface area (Å²) in [7, 11) is 1.53. The van der Waals surface area contributed by atoms with E-state index >= 15 is 0 Å². The Kier molecular flexibility index (Phi) is 4.71. The molecule has 0 amide bonds. The standard InChI is InChI=1S/C14H17NO2/c1-4-10-6-7-13(17-3)12(8-10)14(16)11(5-2)9-15/h6-8,11H,4-5H2,1-3H3. The number of hydrogen-bond acceptors (Lipinski definition) is 3. The molecule has 0 aliphatic carbocycles. The molecule has 0 bridgehead atoms. The van der Waals surface area contributed by atoms with E-state index in [1.165, 1.54) is 7.11 Å². The lowest BCUT2D eigenvalue weighted by molar-refractivity contribution is 0.0943. The minimum Gasteiger partial charge on any atom is -0.496 e. The third kappa shape index (κ3) is 2.85. The third-order valence-electron chi connectivity index (χ3n) is 2.82. The molecule has 1 rings (SSSR count). The molecule has 0 spiro atoms. The fourth-order valence-electron chi connectivity index (χ4n) is 1.69. The SMILES string of the molecule is CCc1ccc(OC)c(C(=O)C(C#N)CC)c1. The summed E-state index contributed by atoms with van der Waals surface area (Å²) in [4.78, 5) is 12.2. The smallest absolute Gasteiger partial charge is 0.183 e. The topological polar surface area (TPSA) is 50.1 Å². The molecule has 1 aromatic rings. The van der Waals surface area contributed by atoms with Gasteiger partial charge in [0, 0.05) is 0 Å². The Morgan fingerprint density at radius 1 is 1.47 bits per heavy atom. The molecule has 0 N–H and O–H groups in total. The number of Topliss-reactive ketones (excluding diaryl/α,β-unsaturated/α-hetero) is 1.